The molecule has 0 fully saturated rings. The van der Waals surface area contributed by atoms with Crippen LogP contribution in [0.1, 0.15) is 59.4 Å². The minimum atomic E-state index is -1.37. The van der Waals surface area contributed by atoms with Crippen molar-refractivity contribution in [1.82, 2.24) is 9.99 Å². The van der Waals surface area contributed by atoms with E-state index >= 15 is 0 Å². The fourth-order valence-corrected chi connectivity index (χ4v) is 6.29. The third kappa shape index (κ3) is 8.99. The largest absolute Gasteiger partial charge is 0.449 e. The van der Waals surface area contributed by atoms with E-state index in [0.717, 1.165) is 0 Å². The van der Waals surface area contributed by atoms with E-state index < -0.39 is 20.7 Å². The van der Waals surface area contributed by atoms with Gasteiger partial charge >= 0.3 is 6.09 Å². The molecule has 3 rings (SSSR count). The lowest BCUT2D eigenvalue weighted by atomic mass is 9.98. The molecule has 2 aromatic carbocycles. The summed E-state index contributed by atoms with van der Waals surface area (Å²) in [4.78, 5) is 15.7. The van der Waals surface area contributed by atoms with Crippen LogP contribution in [-0.4, -0.2) is 68.5 Å². The van der Waals surface area contributed by atoms with Gasteiger partial charge in [0.15, 0.2) is 0 Å². The van der Waals surface area contributed by atoms with E-state index in [9.17, 15) is 4.79 Å². The topological polar surface area (TPSA) is 73.6 Å². The number of nitrogens with one attached hydrogen (secondary N) is 1. The maximum absolute atomic E-state index is 12.4. The predicted molar refractivity (Wildman–Crippen MR) is 156 cm³/mol. The number of nitrogens with zero attached hydrogens (tertiary/aromatic N) is 2. The first kappa shape index (κ1) is 29.5. The average molecular weight is 557 g/mol. The molecule has 8 nitrogen and oxygen atoms in total. The van der Waals surface area contributed by atoms with Gasteiger partial charge in [-0.15, -0.1) is 0 Å². The number of hydrogen-bond donors (Lipinski definition) is 1. The minimum absolute atomic E-state index is 0.0254. The number of hydrogen-bond acceptors (Lipinski definition) is 6. The van der Waals surface area contributed by atoms with Gasteiger partial charge in [-0.3, -0.25) is 0 Å². The number of alkyl carbamates (subject to hydrolysis) is 1. The molecule has 212 valence electrons. The Morgan fingerprint density at radius 3 is 2.28 bits per heavy atom. The second-order valence-electron chi connectivity index (χ2n) is 9.91. The summed E-state index contributed by atoms with van der Waals surface area (Å²) in [6.45, 7) is 17.2. The second kappa shape index (κ2) is 15.9. The van der Waals surface area contributed by atoms with E-state index in [-0.39, 0.29) is 44.7 Å². The third-order valence-corrected chi connectivity index (χ3v) is 8.38. The zero-order chi connectivity index (χ0) is 28.9. The molecule has 2 atom stereocenters. The molecule has 0 bridgehead atoms. The summed E-state index contributed by atoms with van der Waals surface area (Å²) in [5.41, 5.74) is 4.75. The molecule has 0 saturated heterocycles. The van der Waals surface area contributed by atoms with E-state index in [4.69, 9.17) is 26.5 Å². The number of benzene rings is 2. The van der Waals surface area contributed by atoms with Gasteiger partial charge in [-0.25, -0.2) is 16.0 Å². The summed E-state index contributed by atoms with van der Waals surface area (Å²) in [6, 6.07) is 16.9. The van der Waals surface area contributed by atoms with Crippen LogP contribution in [0, 0.1) is 6.57 Å². The van der Waals surface area contributed by atoms with Crippen LogP contribution in [0.15, 0.2) is 48.5 Å². The van der Waals surface area contributed by atoms with E-state index in [1.807, 2.05) is 24.3 Å². The Morgan fingerprint density at radius 1 is 1.05 bits per heavy atom. The van der Waals surface area contributed by atoms with Crippen LogP contribution < -0.4 is 5.32 Å². The van der Waals surface area contributed by atoms with Crippen molar-refractivity contribution in [3.05, 3.63) is 71.1 Å². The van der Waals surface area contributed by atoms with Crippen LogP contribution >= 0.6 is 8.53 Å². The predicted octanol–water partition coefficient (Wildman–Crippen LogP) is 6.62. The quantitative estimate of drug-likeness (QED) is 0.142. The van der Waals surface area contributed by atoms with Gasteiger partial charge in [0.1, 0.15) is 13.2 Å². The van der Waals surface area contributed by atoms with Gasteiger partial charge in [-0.1, -0.05) is 48.5 Å². The van der Waals surface area contributed by atoms with Crippen molar-refractivity contribution >= 4 is 14.6 Å². The standard InChI is InChI=1S/C30H42N3O5P/c1-22(2)33(23(3)4)39(37-19-17-31-6)38-20-24(5)35-18-11-16-32-30(34)36-21-29-27-14-9-7-12-25(27)26-13-8-10-15-28(26)29/h7-10,12-15,22-24,29H,11,16-21H2,1-5H3,(H,32,34)/i5D. The molecule has 2 aromatic rings. The molecule has 0 heterocycles. The van der Waals surface area contributed by atoms with Gasteiger partial charge in [0.25, 0.3) is 8.53 Å². The van der Waals surface area contributed by atoms with Crippen molar-refractivity contribution in [3.63, 3.8) is 0 Å². The van der Waals surface area contributed by atoms with Crippen LogP contribution in [0.5, 0.6) is 0 Å². The smallest absolute Gasteiger partial charge is 0.407 e. The molecular formula is C30H42N3O5P. The van der Waals surface area contributed by atoms with Gasteiger partial charge in [0.05, 0.1) is 12.7 Å². The van der Waals surface area contributed by atoms with Crippen molar-refractivity contribution in [2.45, 2.75) is 65.1 Å². The Labute approximate surface area is 236 Å². The molecule has 9 heteroatoms. The molecule has 0 aromatic heterocycles. The van der Waals surface area contributed by atoms with Crippen molar-refractivity contribution in [1.29, 1.82) is 0 Å². The highest BCUT2D eigenvalue weighted by atomic mass is 31.2. The summed E-state index contributed by atoms with van der Waals surface area (Å²) in [5.74, 6) is 0.0254. The van der Waals surface area contributed by atoms with E-state index in [1.165, 1.54) is 22.3 Å². The van der Waals surface area contributed by atoms with Crippen LogP contribution in [0.4, 0.5) is 4.79 Å². The SMILES string of the molecule is [2H]CC(COP(OCC[N+]#[C-])N(C(C)C)C(C)C)OCCCNC(=O)OCC1c2ccccc2-c2ccccc21. The fourth-order valence-electron chi connectivity index (χ4n) is 4.67. The molecule has 0 radical (unpaired) electrons. The first-order valence-electron chi connectivity index (χ1n) is 14.2. The van der Waals surface area contributed by atoms with Crippen LogP contribution in [-0.2, 0) is 18.5 Å². The van der Waals surface area contributed by atoms with Crippen molar-refractivity contribution < 1.29 is 24.7 Å². The van der Waals surface area contributed by atoms with Gasteiger partial charge < -0.3 is 28.7 Å². The molecule has 1 N–H and O–H groups in total. The molecule has 1 aliphatic carbocycles. The van der Waals surface area contributed by atoms with Crippen LogP contribution in [0.25, 0.3) is 16.0 Å². The fraction of sp³-hybridized carbons (Fsp3) is 0.533. The lowest BCUT2D eigenvalue weighted by Crippen LogP contribution is -2.34. The minimum Gasteiger partial charge on any atom is -0.449 e. The Kier molecular flexibility index (Phi) is 12.0. The molecule has 1 amide bonds. The van der Waals surface area contributed by atoms with Gasteiger partial charge in [-0.05, 0) is 63.3 Å². The summed E-state index contributed by atoms with van der Waals surface area (Å²) >= 11 is 0. The Morgan fingerprint density at radius 2 is 1.69 bits per heavy atom. The summed E-state index contributed by atoms with van der Waals surface area (Å²) in [5, 5.41) is 2.80. The van der Waals surface area contributed by atoms with Crippen molar-refractivity contribution in [2.24, 2.45) is 0 Å². The van der Waals surface area contributed by atoms with E-state index in [1.54, 1.807) is 0 Å². The maximum Gasteiger partial charge on any atom is 0.407 e. The van der Waals surface area contributed by atoms with Crippen molar-refractivity contribution in [3.8, 4) is 11.1 Å². The average Bonchev–Trinajstić information content (AvgIpc) is 3.26. The first-order valence-corrected chi connectivity index (χ1v) is 14.7. The highest BCUT2D eigenvalue weighted by molar-refractivity contribution is 7.44. The number of amides is 1. The number of fused-ring (bicyclic) bond motifs is 3. The summed E-state index contributed by atoms with van der Waals surface area (Å²) < 4.78 is 33.4. The normalized spacial score (nSPS) is 14.6. The molecule has 2 unspecified atom stereocenters. The summed E-state index contributed by atoms with van der Waals surface area (Å²) in [6.07, 6.45) is -0.279. The molecule has 0 spiro atoms. The number of ether oxygens (including phenoxy) is 2. The molecule has 1 aliphatic rings. The second-order valence-corrected chi connectivity index (χ2v) is 11.4. The van der Waals surface area contributed by atoms with Gasteiger partial charge in [-0.2, -0.15) is 0 Å². The monoisotopic (exact) mass is 556 g/mol. The highest BCUT2D eigenvalue weighted by Gasteiger charge is 2.29. The zero-order valence-electron chi connectivity index (χ0n) is 24.5. The third-order valence-electron chi connectivity index (χ3n) is 6.31. The van der Waals surface area contributed by atoms with Crippen molar-refractivity contribution in [2.75, 3.05) is 39.5 Å². The van der Waals surface area contributed by atoms with Gasteiger partial charge in [0, 0.05) is 32.5 Å². The number of carbonyl (C=O) groups is 1. The number of rotatable bonds is 16. The van der Waals surface area contributed by atoms with Crippen LogP contribution in [0.2, 0.25) is 0 Å². The van der Waals surface area contributed by atoms with E-state index in [0.29, 0.717) is 26.2 Å². The zero-order valence-corrected chi connectivity index (χ0v) is 24.4. The highest BCUT2D eigenvalue weighted by Crippen LogP contribution is 2.46. The lowest BCUT2D eigenvalue weighted by Gasteiger charge is -2.35. The Balaban J connectivity index is 1.38. The summed E-state index contributed by atoms with van der Waals surface area (Å²) in [7, 11) is -1.37. The molecule has 39 heavy (non-hydrogen) atoms. The molecule has 0 saturated carbocycles. The first-order chi connectivity index (χ1) is 19.4. The molecule has 0 aliphatic heterocycles. The maximum atomic E-state index is 12.4. The van der Waals surface area contributed by atoms with Crippen LogP contribution in [0.3, 0.4) is 0 Å². The van der Waals surface area contributed by atoms with E-state index in [2.05, 4.69) is 66.8 Å². The molecular weight excluding hydrogens is 513 g/mol. The lowest BCUT2D eigenvalue weighted by molar-refractivity contribution is 0.0253. The Bertz CT molecular complexity index is 1060. The Hall–Kier alpha value is -2.53. The van der Waals surface area contributed by atoms with Gasteiger partial charge in [0.2, 0.25) is 6.54 Å². The number of carbonyl (C=O) groups excluding carboxylic acids is 1.